The molecule has 1 aliphatic heterocycles. The Kier molecular flexibility index (Phi) is 4.88. The van der Waals surface area contributed by atoms with Crippen LogP contribution in [0.15, 0.2) is 42.9 Å². The second-order valence-electron chi connectivity index (χ2n) is 6.62. The van der Waals surface area contributed by atoms with Crippen LogP contribution in [0.1, 0.15) is 11.1 Å². The van der Waals surface area contributed by atoms with E-state index in [1.165, 1.54) is 17.2 Å². The highest BCUT2D eigenvalue weighted by molar-refractivity contribution is 7.90. The van der Waals surface area contributed by atoms with Crippen molar-refractivity contribution in [2.24, 2.45) is 0 Å². The lowest BCUT2D eigenvalue weighted by atomic mass is 10.0. The molecule has 0 atom stereocenters. The van der Waals surface area contributed by atoms with Crippen LogP contribution in [0, 0.1) is 0 Å². The molecule has 2 aromatic heterocycles. The number of fused-ring (bicyclic) bond motifs is 2. The highest BCUT2D eigenvalue weighted by Crippen LogP contribution is 2.30. The topological polar surface area (TPSA) is 94.4 Å². The first kappa shape index (κ1) is 20.1. The number of benzene rings is 1. The Hall–Kier alpha value is -3.15. The van der Waals surface area contributed by atoms with E-state index in [-0.39, 0.29) is 27.4 Å². The number of rotatable bonds is 2. The van der Waals surface area contributed by atoms with E-state index in [2.05, 4.69) is 9.97 Å². The molecule has 4 rings (SSSR count). The molecule has 0 saturated heterocycles. The Morgan fingerprint density at radius 3 is 2.40 bits per heavy atom. The number of carbonyl (C=O) groups is 1. The number of alkyl halides is 3. The molecule has 12 heteroatoms. The fraction of sp³-hybridized carbons (Fsp3) is 0.278. The van der Waals surface area contributed by atoms with Gasteiger partial charge < -0.3 is 9.64 Å². The summed E-state index contributed by atoms with van der Waals surface area (Å²) in [6, 6.07) is 7.85. The zero-order chi connectivity index (χ0) is 21.5. The van der Waals surface area contributed by atoms with E-state index in [9.17, 15) is 26.4 Å². The number of hydrogen-bond acceptors (Lipinski definition) is 6. The third-order valence-electron chi connectivity index (χ3n) is 4.78. The molecule has 0 saturated carbocycles. The van der Waals surface area contributed by atoms with Gasteiger partial charge in [0.1, 0.15) is 6.33 Å². The zero-order valence-corrected chi connectivity index (χ0v) is 16.2. The number of ether oxygens (including phenoxy) is 1. The minimum absolute atomic E-state index is 0.131. The lowest BCUT2D eigenvalue weighted by molar-refractivity contribution is -0.0445. The van der Waals surface area contributed by atoms with Gasteiger partial charge >= 0.3 is 21.6 Å². The number of carbonyl (C=O) groups excluding carboxylic acids is 1. The molecule has 3 aromatic rings. The van der Waals surface area contributed by atoms with E-state index in [1.54, 1.807) is 24.3 Å². The number of amides is 1. The van der Waals surface area contributed by atoms with Crippen LogP contribution >= 0.6 is 0 Å². The molecule has 0 aliphatic carbocycles. The van der Waals surface area contributed by atoms with Gasteiger partial charge in [0.15, 0.2) is 0 Å². The molecule has 1 aromatic carbocycles. The van der Waals surface area contributed by atoms with Crippen molar-refractivity contribution in [1.29, 1.82) is 0 Å². The summed E-state index contributed by atoms with van der Waals surface area (Å²) in [7, 11) is -5.59. The van der Waals surface area contributed by atoms with Crippen molar-refractivity contribution in [1.82, 2.24) is 18.8 Å². The van der Waals surface area contributed by atoms with Gasteiger partial charge in [-0.25, -0.2) is 18.7 Å². The smallest absolute Gasteiger partial charge is 0.391 e. The van der Waals surface area contributed by atoms with E-state index >= 15 is 0 Å². The third-order valence-corrected chi connectivity index (χ3v) is 6.17. The zero-order valence-electron chi connectivity index (χ0n) is 15.3. The molecule has 3 heterocycles. The highest BCUT2D eigenvalue weighted by atomic mass is 32.2. The van der Waals surface area contributed by atoms with Crippen molar-refractivity contribution in [2.75, 3.05) is 13.1 Å². The molecule has 8 nitrogen and oxygen atoms in total. The van der Waals surface area contributed by atoms with Crippen molar-refractivity contribution in [3.05, 3.63) is 54.0 Å². The number of hydrogen-bond donors (Lipinski definition) is 0. The van der Waals surface area contributed by atoms with E-state index in [4.69, 9.17) is 4.74 Å². The van der Waals surface area contributed by atoms with Gasteiger partial charge in [-0.2, -0.15) is 21.6 Å². The number of imidazole rings is 1. The molecular weight excluding hydrogens is 425 g/mol. The van der Waals surface area contributed by atoms with Gasteiger partial charge in [-0.3, -0.25) is 0 Å². The summed E-state index contributed by atoms with van der Waals surface area (Å²) in [5.74, 6) is 0.158. The average molecular weight is 440 g/mol. The van der Waals surface area contributed by atoms with E-state index in [0.717, 1.165) is 5.56 Å². The van der Waals surface area contributed by atoms with Gasteiger partial charge in [0.2, 0.25) is 5.88 Å². The van der Waals surface area contributed by atoms with Crippen molar-refractivity contribution in [3.8, 4) is 5.88 Å². The second-order valence-corrected chi connectivity index (χ2v) is 8.43. The Morgan fingerprint density at radius 2 is 1.77 bits per heavy atom. The first-order valence-corrected chi connectivity index (χ1v) is 10.3. The second kappa shape index (κ2) is 7.27. The summed E-state index contributed by atoms with van der Waals surface area (Å²) in [4.78, 5) is 21.6. The predicted octanol–water partition coefficient (Wildman–Crippen LogP) is 2.73. The SMILES string of the molecule is O=C(Oc1ccccn1)N1CCc2cc3ncn(S(=O)(=O)C(F)(F)F)c3cc2CC1. The maximum Gasteiger partial charge on any atom is 0.517 e. The van der Waals surface area contributed by atoms with Gasteiger partial charge in [-0.05, 0) is 42.2 Å². The maximum atomic E-state index is 12.9. The van der Waals surface area contributed by atoms with E-state index in [0.29, 0.717) is 31.3 Å². The quantitative estimate of drug-likeness (QED) is 0.608. The fourth-order valence-corrected chi connectivity index (χ4v) is 4.05. The first-order chi connectivity index (χ1) is 14.2. The Labute approximate surface area is 169 Å². The van der Waals surface area contributed by atoms with Crippen molar-refractivity contribution < 1.29 is 31.1 Å². The summed E-state index contributed by atoms with van der Waals surface area (Å²) in [5.41, 5.74) is -4.04. The minimum atomic E-state index is -5.59. The molecule has 0 fully saturated rings. The van der Waals surface area contributed by atoms with Crippen LogP contribution in [0.4, 0.5) is 18.0 Å². The molecule has 0 radical (unpaired) electrons. The van der Waals surface area contributed by atoms with Crippen molar-refractivity contribution in [3.63, 3.8) is 0 Å². The molecule has 30 heavy (non-hydrogen) atoms. The van der Waals surface area contributed by atoms with Crippen molar-refractivity contribution in [2.45, 2.75) is 18.3 Å². The van der Waals surface area contributed by atoms with Crippen LogP contribution in [-0.2, 0) is 22.9 Å². The van der Waals surface area contributed by atoms with Gasteiger partial charge in [0.25, 0.3) is 0 Å². The summed E-state index contributed by atoms with van der Waals surface area (Å²) in [6.45, 7) is 0.579. The summed E-state index contributed by atoms with van der Waals surface area (Å²) in [6.07, 6.45) is 2.29. The van der Waals surface area contributed by atoms with Crippen LogP contribution in [0.2, 0.25) is 0 Å². The third kappa shape index (κ3) is 3.58. The predicted molar refractivity (Wildman–Crippen MR) is 99.3 cm³/mol. The molecule has 0 bridgehead atoms. The van der Waals surface area contributed by atoms with Crippen LogP contribution < -0.4 is 4.74 Å². The van der Waals surface area contributed by atoms with Crippen LogP contribution in [0.25, 0.3) is 11.0 Å². The van der Waals surface area contributed by atoms with Crippen LogP contribution in [0.5, 0.6) is 5.88 Å². The summed E-state index contributed by atoms with van der Waals surface area (Å²) >= 11 is 0. The monoisotopic (exact) mass is 440 g/mol. The Morgan fingerprint density at radius 1 is 1.07 bits per heavy atom. The lowest BCUT2D eigenvalue weighted by Crippen LogP contribution is -2.35. The number of nitrogens with zero attached hydrogens (tertiary/aromatic N) is 4. The molecule has 0 N–H and O–H groups in total. The number of pyridine rings is 1. The van der Waals surface area contributed by atoms with E-state index < -0.39 is 21.6 Å². The summed E-state index contributed by atoms with van der Waals surface area (Å²) in [5, 5.41) is 0. The molecule has 158 valence electrons. The van der Waals surface area contributed by atoms with Crippen molar-refractivity contribution >= 4 is 27.1 Å². The Bertz CT molecular complexity index is 1210. The van der Waals surface area contributed by atoms with Gasteiger partial charge in [0.05, 0.1) is 11.0 Å². The minimum Gasteiger partial charge on any atom is -0.391 e. The Balaban J connectivity index is 1.59. The summed E-state index contributed by atoms with van der Waals surface area (Å²) < 4.78 is 67.8. The van der Waals surface area contributed by atoms with Gasteiger partial charge in [0, 0.05) is 25.4 Å². The van der Waals surface area contributed by atoms with Gasteiger partial charge in [-0.1, -0.05) is 6.07 Å². The molecule has 1 amide bonds. The first-order valence-electron chi connectivity index (χ1n) is 8.85. The van der Waals surface area contributed by atoms with Crippen LogP contribution in [-0.4, -0.2) is 51.9 Å². The fourth-order valence-electron chi connectivity index (χ4n) is 3.26. The largest absolute Gasteiger partial charge is 0.517 e. The molecule has 1 aliphatic rings. The average Bonchev–Trinajstić information content (AvgIpc) is 2.99. The molecular formula is C18H15F3N4O4S. The number of aromatic nitrogens is 3. The maximum absolute atomic E-state index is 12.9. The molecule has 0 spiro atoms. The number of halogens is 3. The lowest BCUT2D eigenvalue weighted by Gasteiger charge is -2.18. The highest BCUT2D eigenvalue weighted by Gasteiger charge is 2.48. The van der Waals surface area contributed by atoms with E-state index in [1.807, 2.05) is 0 Å². The van der Waals surface area contributed by atoms with Gasteiger partial charge in [-0.15, -0.1) is 0 Å². The van der Waals surface area contributed by atoms with Crippen LogP contribution in [0.3, 0.4) is 0 Å². The standard InChI is InChI=1S/C18H15F3N4O4S/c19-18(20,21)30(27,28)25-11-23-14-9-12-4-7-24(8-5-13(12)10-15(14)25)17(26)29-16-3-1-2-6-22-16/h1-3,6,9-11H,4-5,7-8H2. The normalized spacial score (nSPS) is 15.0. The molecule has 0 unspecified atom stereocenters.